The van der Waals surface area contributed by atoms with Crippen molar-refractivity contribution in [1.82, 2.24) is 0 Å². The first-order valence-corrected chi connectivity index (χ1v) is 2.99. The molecule has 52 valence electrons. The lowest BCUT2D eigenvalue weighted by molar-refractivity contribution is 0.267. The summed E-state index contributed by atoms with van der Waals surface area (Å²) in [4.78, 5) is 4.61. The van der Waals surface area contributed by atoms with Gasteiger partial charge in [-0.25, -0.2) is 0 Å². The summed E-state index contributed by atoms with van der Waals surface area (Å²) in [6.07, 6.45) is 1.31. The number of oxime groups is 1. The molecule has 0 aliphatic rings. The second-order valence-corrected chi connectivity index (χ2v) is 2.16. The molecule has 0 aliphatic heterocycles. The van der Waals surface area contributed by atoms with E-state index < -0.39 is 0 Å². The average molecular weight is 127 g/mol. The fourth-order valence-electron chi connectivity index (χ4n) is 0.226. The highest BCUT2D eigenvalue weighted by atomic mass is 16.6. The van der Waals surface area contributed by atoms with Crippen LogP contribution in [-0.2, 0) is 4.84 Å². The highest BCUT2D eigenvalue weighted by molar-refractivity contribution is 5.83. The minimum Gasteiger partial charge on any atom is -0.366 e. The van der Waals surface area contributed by atoms with E-state index in [9.17, 15) is 0 Å². The summed E-state index contributed by atoms with van der Waals surface area (Å²) in [7, 11) is 0. The first kappa shape index (κ1) is 8.21. The average Bonchev–Trinajstić information content (AvgIpc) is 1.82. The maximum Gasteiger partial charge on any atom is 0.114 e. The molecule has 0 aromatic carbocycles. The molecular weight excluding hydrogens is 114 g/mol. The van der Waals surface area contributed by atoms with Crippen LogP contribution in [0.15, 0.2) is 18.0 Å². The highest BCUT2D eigenvalue weighted by Gasteiger charge is 1.95. The van der Waals surface area contributed by atoms with Crippen LogP contribution in [0.4, 0.5) is 0 Å². The Bertz CT molecular complexity index is 116. The Morgan fingerprint density at radius 1 is 1.67 bits per heavy atom. The highest BCUT2D eigenvalue weighted by Crippen LogP contribution is 1.95. The smallest absolute Gasteiger partial charge is 0.114 e. The molecule has 0 spiro atoms. The predicted molar refractivity (Wildman–Crippen MR) is 39.2 cm³/mol. The van der Waals surface area contributed by atoms with Gasteiger partial charge in [-0.3, -0.25) is 0 Å². The Morgan fingerprint density at radius 3 is 2.56 bits per heavy atom. The van der Waals surface area contributed by atoms with E-state index in [1.165, 1.54) is 6.26 Å². The Kier molecular flexibility index (Phi) is 3.76. The lowest BCUT2D eigenvalue weighted by atomic mass is 10.1. The largest absolute Gasteiger partial charge is 0.366 e. The van der Waals surface area contributed by atoms with Crippen LogP contribution >= 0.6 is 0 Å². The lowest BCUT2D eigenvalue weighted by Crippen LogP contribution is -2.01. The van der Waals surface area contributed by atoms with E-state index in [1.807, 2.05) is 6.92 Å². The molecule has 2 nitrogen and oxygen atoms in total. The Balaban J connectivity index is 3.68. The quantitative estimate of drug-likeness (QED) is 0.323. The van der Waals surface area contributed by atoms with Crippen LogP contribution in [0.1, 0.15) is 20.8 Å². The second kappa shape index (κ2) is 4.13. The molecule has 0 bridgehead atoms. The van der Waals surface area contributed by atoms with Crippen LogP contribution < -0.4 is 0 Å². The summed E-state index contributed by atoms with van der Waals surface area (Å²) in [6.45, 7) is 9.41. The summed E-state index contributed by atoms with van der Waals surface area (Å²) >= 11 is 0. The van der Waals surface area contributed by atoms with Crippen LogP contribution in [0.2, 0.25) is 0 Å². The zero-order chi connectivity index (χ0) is 7.28. The van der Waals surface area contributed by atoms with Gasteiger partial charge in [-0.2, -0.15) is 0 Å². The number of hydrogen-bond donors (Lipinski definition) is 0. The fourth-order valence-corrected chi connectivity index (χ4v) is 0.226. The van der Waals surface area contributed by atoms with E-state index in [-0.39, 0.29) is 0 Å². The molecule has 9 heavy (non-hydrogen) atoms. The molecular formula is C7H13NO. The third kappa shape index (κ3) is 3.76. The third-order valence-corrected chi connectivity index (χ3v) is 1.11. The summed E-state index contributed by atoms with van der Waals surface area (Å²) in [5, 5.41) is 3.74. The van der Waals surface area contributed by atoms with Gasteiger partial charge < -0.3 is 4.84 Å². The molecule has 2 heteroatoms. The van der Waals surface area contributed by atoms with Crippen LogP contribution in [0.25, 0.3) is 0 Å². The minimum atomic E-state index is 0.449. The zero-order valence-electron chi connectivity index (χ0n) is 6.22. The monoisotopic (exact) mass is 127 g/mol. The van der Waals surface area contributed by atoms with E-state index in [4.69, 9.17) is 0 Å². The molecule has 0 heterocycles. The van der Waals surface area contributed by atoms with E-state index in [0.717, 1.165) is 5.71 Å². The molecule has 0 rings (SSSR count). The van der Waals surface area contributed by atoms with Gasteiger partial charge in [-0.1, -0.05) is 25.6 Å². The van der Waals surface area contributed by atoms with Crippen LogP contribution in [0, 0.1) is 5.92 Å². The minimum absolute atomic E-state index is 0.449. The van der Waals surface area contributed by atoms with Gasteiger partial charge in [0.05, 0.1) is 5.71 Å². The van der Waals surface area contributed by atoms with Crippen molar-refractivity contribution < 1.29 is 4.84 Å². The summed E-state index contributed by atoms with van der Waals surface area (Å²) < 4.78 is 0. The van der Waals surface area contributed by atoms with Crippen molar-refractivity contribution in [2.45, 2.75) is 20.8 Å². The second-order valence-electron chi connectivity index (χ2n) is 2.16. The molecule has 0 radical (unpaired) electrons. The molecule has 0 saturated heterocycles. The van der Waals surface area contributed by atoms with E-state index in [2.05, 4.69) is 30.4 Å². The SMILES string of the molecule is C=CON=C(C)C(C)C. The maximum absolute atomic E-state index is 4.61. The van der Waals surface area contributed by atoms with E-state index >= 15 is 0 Å². The van der Waals surface area contributed by atoms with Crippen molar-refractivity contribution in [2.75, 3.05) is 0 Å². The van der Waals surface area contributed by atoms with Crippen LogP contribution in [-0.4, -0.2) is 5.71 Å². The summed E-state index contributed by atoms with van der Waals surface area (Å²) in [5.74, 6) is 0.449. The molecule has 0 fully saturated rings. The van der Waals surface area contributed by atoms with Crippen LogP contribution in [0.3, 0.4) is 0 Å². The van der Waals surface area contributed by atoms with Gasteiger partial charge in [0.25, 0.3) is 0 Å². The van der Waals surface area contributed by atoms with Crippen molar-refractivity contribution in [3.05, 3.63) is 12.8 Å². The van der Waals surface area contributed by atoms with Crippen molar-refractivity contribution in [3.8, 4) is 0 Å². The molecule has 0 aromatic rings. The molecule has 0 unspecified atom stereocenters. The Hall–Kier alpha value is -0.790. The van der Waals surface area contributed by atoms with Crippen LogP contribution in [0.5, 0.6) is 0 Å². The van der Waals surface area contributed by atoms with Crippen molar-refractivity contribution >= 4 is 5.71 Å². The number of hydrogen-bond acceptors (Lipinski definition) is 2. The van der Waals surface area contributed by atoms with Crippen molar-refractivity contribution in [3.63, 3.8) is 0 Å². The van der Waals surface area contributed by atoms with Gasteiger partial charge in [-0.05, 0) is 12.8 Å². The predicted octanol–water partition coefficient (Wildman–Crippen LogP) is 2.18. The van der Waals surface area contributed by atoms with Gasteiger partial charge in [0.2, 0.25) is 0 Å². The molecule has 0 atom stereocenters. The molecule has 0 amide bonds. The zero-order valence-corrected chi connectivity index (χ0v) is 6.22. The van der Waals surface area contributed by atoms with Gasteiger partial charge in [0, 0.05) is 0 Å². The Morgan fingerprint density at radius 2 is 2.22 bits per heavy atom. The maximum atomic E-state index is 4.61. The summed E-state index contributed by atoms with van der Waals surface area (Å²) in [6, 6.07) is 0. The summed E-state index contributed by atoms with van der Waals surface area (Å²) in [5.41, 5.74) is 0.981. The standard InChI is InChI=1S/C7H13NO/c1-5-9-8-7(4)6(2)3/h5-6H,1H2,2-4H3. The molecule has 0 saturated carbocycles. The fraction of sp³-hybridized carbons (Fsp3) is 0.571. The third-order valence-electron chi connectivity index (χ3n) is 1.11. The lowest BCUT2D eigenvalue weighted by Gasteiger charge is -2.00. The number of rotatable bonds is 3. The first-order valence-electron chi connectivity index (χ1n) is 2.99. The molecule has 0 N–H and O–H groups in total. The molecule has 0 aliphatic carbocycles. The normalized spacial score (nSPS) is 11.8. The Labute approximate surface area is 56.2 Å². The van der Waals surface area contributed by atoms with Crippen molar-refractivity contribution in [2.24, 2.45) is 11.1 Å². The first-order chi connectivity index (χ1) is 4.18. The molecule has 0 aromatic heterocycles. The van der Waals surface area contributed by atoms with Crippen molar-refractivity contribution in [1.29, 1.82) is 0 Å². The van der Waals surface area contributed by atoms with Gasteiger partial charge in [0.15, 0.2) is 0 Å². The topological polar surface area (TPSA) is 21.6 Å². The number of nitrogens with zero attached hydrogens (tertiary/aromatic N) is 1. The van der Waals surface area contributed by atoms with Gasteiger partial charge >= 0.3 is 0 Å². The van der Waals surface area contributed by atoms with E-state index in [0.29, 0.717) is 5.92 Å². The van der Waals surface area contributed by atoms with Gasteiger partial charge in [0.1, 0.15) is 6.26 Å². The van der Waals surface area contributed by atoms with Gasteiger partial charge in [-0.15, -0.1) is 0 Å². The van der Waals surface area contributed by atoms with E-state index in [1.54, 1.807) is 0 Å².